The first kappa shape index (κ1) is 13.3. The molecule has 2 aromatic rings. The number of hydrogen-bond donors (Lipinski definition) is 1. The van der Waals surface area contributed by atoms with E-state index in [0.717, 1.165) is 12.1 Å². The Hall–Kier alpha value is -2.14. The number of hydrogen-bond acceptors (Lipinski definition) is 3. The van der Waals surface area contributed by atoms with E-state index in [1.54, 1.807) is 18.1 Å². The Morgan fingerprint density at radius 1 is 1.32 bits per heavy atom. The summed E-state index contributed by atoms with van der Waals surface area (Å²) in [5.74, 6) is -0.820. The van der Waals surface area contributed by atoms with Gasteiger partial charge in [0.2, 0.25) is 0 Å². The fourth-order valence-electron chi connectivity index (χ4n) is 1.94. The van der Waals surface area contributed by atoms with Crippen molar-refractivity contribution in [3.05, 3.63) is 53.9 Å². The van der Waals surface area contributed by atoms with Crippen LogP contribution >= 0.6 is 0 Å². The van der Waals surface area contributed by atoms with E-state index in [9.17, 15) is 4.79 Å². The van der Waals surface area contributed by atoms with Gasteiger partial charge < -0.3 is 5.11 Å². The maximum atomic E-state index is 10.6. The number of carbonyl (C=O) groups is 1. The van der Waals surface area contributed by atoms with Gasteiger partial charge >= 0.3 is 5.97 Å². The van der Waals surface area contributed by atoms with Gasteiger partial charge in [-0.1, -0.05) is 30.3 Å². The third-order valence-corrected chi connectivity index (χ3v) is 2.73. The van der Waals surface area contributed by atoms with Gasteiger partial charge in [-0.15, -0.1) is 0 Å². The van der Waals surface area contributed by atoms with Crippen molar-refractivity contribution in [2.45, 2.75) is 13.1 Å². The number of rotatable bonds is 6. The third-order valence-electron chi connectivity index (χ3n) is 2.73. The lowest BCUT2D eigenvalue weighted by atomic mass is 10.2. The number of nitrogens with zero attached hydrogens (tertiary/aromatic N) is 3. The van der Waals surface area contributed by atoms with Crippen LogP contribution in [0.1, 0.15) is 11.1 Å². The lowest BCUT2D eigenvalue weighted by Crippen LogP contribution is -2.24. The Kier molecular flexibility index (Phi) is 4.30. The van der Waals surface area contributed by atoms with E-state index in [1.807, 2.05) is 29.1 Å². The van der Waals surface area contributed by atoms with Crippen LogP contribution in [0.5, 0.6) is 0 Å². The van der Waals surface area contributed by atoms with Crippen LogP contribution in [0.3, 0.4) is 0 Å². The molecule has 5 heteroatoms. The summed E-state index contributed by atoms with van der Waals surface area (Å²) < 4.78 is 1.86. The maximum Gasteiger partial charge on any atom is 0.317 e. The monoisotopic (exact) mass is 259 g/mol. The van der Waals surface area contributed by atoms with Crippen LogP contribution < -0.4 is 0 Å². The minimum Gasteiger partial charge on any atom is -0.480 e. The molecule has 0 saturated heterocycles. The molecule has 0 bridgehead atoms. The summed E-state index contributed by atoms with van der Waals surface area (Å²) in [5.41, 5.74) is 2.20. The SMILES string of the molecule is CN(CC(=O)O)Cc1cnn(Cc2ccccc2)c1. The Morgan fingerprint density at radius 3 is 2.74 bits per heavy atom. The Labute approximate surface area is 112 Å². The molecule has 0 spiro atoms. The zero-order valence-corrected chi connectivity index (χ0v) is 10.9. The summed E-state index contributed by atoms with van der Waals surface area (Å²) in [5, 5.41) is 13.0. The zero-order valence-electron chi connectivity index (χ0n) is 10.9. The van der Waals surface area contributed by atoms with E-state index in [2.05, 4.69) is 17.2 Å². The molecule has 19 heavy (non-hydrogen) atoms. The fourth-order valence-corrected chi connectivity index (χ4v) is 1.94. The second-order valence-electron chi connectivity index (χ2n) is 4.60. The molecular formula is C14H17N3O2. The van der Waals surface area contributed by atoms with Crippen molar-refractivity contribution in [1.82, 2.24) is 14.7 Å². The van der Waals surface area contributed by atoms with Gasteiger partial charge in [0.1, 0.15) is 0 Å². The molecule has 0 unspecified atom stereocenters. The molecule has 0 amide bonds. The van der Waals surface area contributed by atoms with Crippen LogP contribution in [-0.4, -0.2) is 39.3 Å². The van der Waals surface area contributed by atoms with E-state index in [-0.39, 0.29) is 6.54 Å². The molecule has 1 N–H and O–H groups in total. The van der Waals surface area contributed by atoms with Gasteiger partial charge in [-0.3, -0.25) is 14.4 Å². The number of likely N-dealkylation sites (N-methyl/N-ethyl adjacent to an activating group) is 1. The normalized spacial score (nSPS) is 10.8. The van der Waals surface area contributed by atoms with E-state index < -0.39 is 5.97 Å². The van der Waals surface area contributed by atoms with Crippen molar-refractivity contribution < 1.29 is 9.90 Å². The molecule has 0 saturated carbocycles. The predicted molar refractivity (Wildman–Crippen MR) is 71.7 cm³/mol. The smallest absolute Gasteiger partial charge is 0.317 e. The van der Waals surface area contributed by atoms with E-state index in [0.29, 0.717) is 6.54 Å². The lowest BCUT2D eigenvalue weighted by Gasteiger charge is -2.11. The molecule has 1 heterocycles. The number of carboxylic acids is 1. The van der Waals surface area contributed by atoms with Crippen molar-refractivity contribution >= 4 is 5.97 Å². The molecule has 0 aliphatic heterocycles. The van der Waals surface area contributed by atoms with E-state index in [1.165, 1.54) is 5.56 Å². The number of aromatic nitrogens is 2. The number of carboxylic acid groups (broad SMARTS) is 1. The van der Waals surface area contributed by atoms with Crippen molar-refractivity contribution in [3.63, 3.8) is 0 Å². The molecule has 0 radical (unpaired) electrons. The molecule has 1 aromatic carbocycles. The van der Waals surface area contributed by atoms with Crippen LogP contribution in [-0.2, 0) is 17.9 Å². The lowest BCUT2D eigenvalue weighted by molar-refractivity contribution is -0.138. The minimum absolute atomic E-state index is 0.0316. The average molecular weight is 259 g/mol. The molecular weight excluding hydrogens is 242 g/mol. The second kappa shape index (κ2) is 6.15. The van der Waals surface area contributed by atoms with Crippen LogP contribution in [0.4, 0.5) is 0 Å². The largest absolute Gasteiger partial charge is 0.480 e. The minimum atomic E-state index is -0.820. The van der Waals surface area contributed by atoms with Crippen LogP contribution in [0.15, 0.2) is 42.7 Å². The maximum absolute atomic E-state index is 10.6. The first-order chi connectivity index (χ1) is 9.13. The van der Waals surface area contributed by atoms with Gasteiger partial charge in [0.05, 0.1) is 19.3 Å². The summed E-state index contributed by atoms with van der Waals surface area (Å²) >= 11 is 0. The number of benzene rings is 1. The molecule has 2 rings (SSSR count). The van der Waals surface area contributed by atoms with Gasteiger partial charge in [-0.2, -0.15) is 5.10 Å². The number of aliphatic carboxylic acids is 1. The second-order valence-corrected chi connectivity index (χ2v) is 4.60. The van der Waals surface area contributed by atoms with Gasteiger partial charge in [-0.25, -0.2) is 0 Å². The zero-order chi connectivity index (χ0) is 13.7. The summed E-state index contributed by atoms with van der Waals surface area (Å²) in [4.78, 5) is 12.3. The van der Waals surface area contributed by atoms with Crippen LogP contribution in [0.2, 0.25) is 0 Å². The summed E-state index contributed by atoms with van der Waals surface area (Å²) in [6, 6.07) is 10.1. The van der Waals surface area contributed by atoms with Crippen molar-refractivity contribution in [2.24, 2.45) is 0 Å². The highest BCUT2D eigenvalue weighted by Crippen LogP contribution is 2.05. The highest BCUT2D eigenvalue weighted by Gasteiger charge is 2.06. The molecule has 0 aliphatic carbocycles. The van der Waals surface area contributed by atoms with Gasteiger partial charge in [0.15, 0.2) is 0 Å². The molecule has 0 atom stereocenters. The van der Waals surface area contributed by atoms with Gasteiger partial charge in [-0.05, 0) is 12.6 Å². The summed E-state index contributed by atoms with van der Waals surface area (Å²) in [7, 11) is 1.78. The fraction of sp³-hybridized carbons (Fsp3) is 0.286. The van der Waals surface area contributed by atoms with Gasteiger partial charge in [0.25, 0.3) is 0 Å². The highest BCUT2D eigenvalue weighted by atomic mass is 16.4. The van der Waals surface area contributed by atoms with Gasteiger partial charge in [0, 0.05) is 18.3 Å². The molecule has 0 aliphatic rings. The van der Waals surface area contributed by atoms with E-state index >= 15 is 0 Å². The van der Waals surface area contributed by atoms with E-state index in [4.69, 9.17) is 5.11 Å². The Balaban J connectivity index is 1.94. The molecule has 100 valence electrons. The average Bonchev–Trinajstić information content (AvgIpc) is 2.76. The Bertz CT molecular complexity index is 537. The van der Waals surface area contributed by atoms with Crippen molar-refractivity contribution in [2.75, 3.05) is 13.6 Å². The first-order valence-corrected chi connectivity index (χ1v) is 6.09. The van der Waals surface area contributed by atoms with Crippen molar-refractivity contribution in [3.8, 4) is 0 Å². The standard InChI is InChI=1S/C14H17N3O2/c1-16(11-14(18)19)8-13-7-15-17(10-13)9-12-5-3-2-4-6-12/h2-7,10H,8-9,11H2,1H3,(H,18,19). The van der Waals surface area contributed by atoms with Crippen LogP contribution in [0, 0.1) is 0 Å². The topological polar surface area (TPSA) is 58.4 Å². The van der Waals surface area contributed by atoms with Crippen molar-refractivity contribution in [1.29, 1.82) is 0 Å². The first-order valence-electron chi connectivity index (χ1n) is 6.09. The Morgan fingerprint density at radius 2 is 2.05 bits per heavy atom. The highest BCUT2D eigenvalue weighted by molar-refractivity contribution is 5.69. The summed E-state index contributed by atoms with van der Waals surface area (Å²) in [6.45, 7) is 1.34. The quantitative estimate of drug-likeness (QED) is 0.853. The molecule has 0 fully saturated rings. The summed E-state index contributed by atoms with van der Waals surface area (Å²) in [6.07, 6.45) is 3.73. The molecule has 1 aromatic heterocycles. The third kappa shape index (κ3) is 4.22. The van der Waals surface area contributed by atoms with Crippen LogP contribution in [0.25, 0.3) is 0 Å². The predicted octanol–water partition coefficient (Wildman–Crippen LogP) is 1.45. The molecule has 5 nitrogen and oxygen atoms in total.